The number of hydrogen-bond acceptors (Lipinski definition) is 6. The van der Waals surface area contributed by atoms with Crippen molar-refractivity contribution in [2.45, 2.75) is 11.0 Å². The number of methoxy groups -OCH3 is 2. The molecule has 0 bridgehead atoms. The Kier molecular flexibility index (Phi) is 4.83. The van der Waals surface area contributed by atoms with Crippen molar-refractivity contribution in [3.8, 4) is 23.0 Å². The predicted molar refractivity (Wildman–Crippen MR) is 88.8 cm³/mol. The number of benzene rings is 2. The van der Waals surface area contributed by atoms with Gasteiger partial charge in [-0.05, 0) is 30.3 Å². The molecule has 0 amide bonds. The minimum atomic E-state index is 0.519. The van der Waals surface area contributed by atoms with Gasteiger partial charge in [-0.25, -0.2) is 0 Å². The Hall–Kier alpha value is -2.47. The fourth-order valence-corrected chi connectivity index (χ4v) is 2.84. The number of thioether (sulfide) groups is 1. The van der Waals surface area contributed by atoms with E-state index in [9.17, 15) is 0 Å². The summed E-state index contributed by atoms with van der Waals surface area (Å²) in [6.07, 6.45) is 0. The molecule has 3 aromatic rings. The summed E-state index contributed by atoms with van der Waals surface area (Å²) in [5, 5.41) is 8.68. The highest BCUT2D eigenvalue weighted by molar-refractivity contribution is 7.98. The van der Waals surface area contributed by atoms with E-state index in [4.69, 9.17) is 13.9 Å². The van der Waals surface area contributed by atoms with Crippen molar-refractivity contribution >= 4 is 11.8 Å². The Bertz CT molecular complexity index is 775. The van der Waals surface area contributed by atoms with Gasteiger partial charge in [0.2, 0.25) is 5.89 Å². The maximum absolute atomic E-state index is 5.69. The molecule has 0 unspecified atom stereocenters. The van der Waals surface area contributed by atoms with Crippen molar-refractivity contribution in [3.05, 3.63) is 54.1 Å². The van der Waals surface area contributed by atoms with Crippen LogP contribution in [0.2, 0.25) is 0 Å². The lowest BCUT2D eigenvalue weighted by Gasteiger charge is -2.09. The lowest BCUT2D eigenvalue weighted by atomic mass is 10.2. The van der Waals surface area contributed by atoms with Crippen molar-refractivity contribution in [2.24, 2.45) is 0 Å². The lowest BCUT2D eigenvalue weighted by Crippen LogP contribution is -1.92. The highest BCUT2D eigenvalue weighted by Gasteiger charge is 2.11. The Balaban J connectivity index is 1.73. The quantitative estimate of drug-likeness (QED) is 0.636. The van der Waals surface area contributed by atoms with E-state index >= 15 is 0 Å². The standard InChI is InChI=1S/C17H16N2O3S/c1-20-14-8-9-15(21-2)13(10-14)11-23-17-19-18-16(22-17)12-6-4-3-5-7-12/h3-10H,11H2,1-2H3. The van der Waals surface area contributed by atoms with Gasteiger partial charge >= 0.3 is 0 Å². The van der Waals surface area contributed by atoms with Crippen LogP contribution in [-0.4, -0.2) is 24.4 Å². The molecular weight excluding hydrogens is 312 g/mol. The molecule has 1 heterocycles. The smallest absolute Gasteiger partial charge is 0.277 e. The Morgan fingerprint density at radius 2 is 1.83 bits per heavy atom. The summed E-state index contributed by atoms with van der Waals surface area (Å²) in [6, 6.07) is 15.4. The van der Waals surface area contributed by atoms with E-state index in [1.54, 1.807) is 14.2 Å². The monoisotopic (exact) mass is 328 g/mol. The fraction of sp³-hybridized carbons (Fsp3) is 0.176. The molecule has 0 spiro atoms. The van der Waals surface area contributed by atoms with Gasteiger partial charge in [0.05, 0.1) is 14.2 Å². The molecule has 118 valence electrons. The molecule has 0 fully saturated rings. The third-order valence-corrected chi connectivity index (χ3v) is 4.13. The number of ether oxygens (including phenoxy) is 2. The van der Waals surface area contributed by atoms with E-state index in [1.807, 2.05) is 48.5 Å². The lowest BCUT2D eigenvalue weighted by molar-refractivity contribution is 0.400. The number of hydrogen-bond donors (Lipinski definition) is 0. The molecule has 1 aromatic heterocycles. The maximum atomic E-state index is 5.69. The first-order valence-corrected chi connectivity index (χ1v) is 8.01. The summed E-state index contributed by atoms with van der Waals surface area (Å²) in [4.78, 5) is 0. The molecule has 0 saturated heterocycles. The van der Waals surface area contributed by atoms with Crippen LogP contribution in [0, 0.1) is 0 Å². The van der Waals surface area contributed by atoms with Gasteiger partial charge in [-0.1, -0.05) is 30.0 Å². The van der Waals surface area contributed by atoms with Crippen molar-refractivity contribution in [1.29, 1.82) is 0 Å². The third kappa shape index (κ3) is 3.65. The fourth-order valence-electron chi connectivity index (χ4n) is 2.10. The van der Waals surface area contributed by atoms with E-state index < -0.39 is 0 Å². The van der Waals surface area contributed by atoms with Gasteiger partial charge in [0.15, 0.2) is 0 Å². The minimum absolute atomic E-state index is 0.519. The summed E-state index contributed by atoms with van der Waals surface area (Å²) in [7, 11) is 3.29. The highest BCUT2D eigenvalue weighted by Crippen LogP contribution is 2.31. The summed E-state index contributed by atoms with van der Waals surface area (Å²) in [5.74, 6) is 2.76. The molecule has 3 rings (SSSR count). The van der Waals surface area contributed by atoms with Gasteiger partial charge in [0.25, 0.3) is 5.22 Å². The van der Waals surface area contributed by atoms with E-state index in [1.165, 1.54) is 11.8 Å². The zero-order valence-corrected chi connectivity index (χ0v) is 13.7. The van der Waals surface area contributed by atoms with Gasteiger partial charge in [-0.3, -0.25) is 0 Å². The highest BCUT2D eigenvalue weighted by atomic mass is 32.2. The molecule has 0 atom stereocenters. The van der Waals surface area contributed by atoms with E-state index in [2.05, 4.69) is 10.2 Å². The van der Waals surface area contributed by atoms with E-state index in [-0.39, 0.29) is 0 Å². The second-order valence-corrected chi connectivity index (χ2v) is 5.63. The number of nitrogens with zero attached hydrogens (tertiary/aromatic N) is 2. The van der Waals surface area contributed by atoms with Crippen LogP contribution in [0.4, 0.5) is 0 Å². The van der Waals surface area contributed by atoms with Crippen LogP contribution in [0.1, 0.15) is 5.56 Å². The van der Waals surface area contributed by atoms with Gasteiger partial charge < -0.3 is 13.9 Å². The summed E-state index contributed by atoms with van der Waals surface area (Å²) < 4.78 is 16.3. The predicted octanol–water partition coefficient (Wildman–Crippen LogP) is 4.05. The molecule has 5 nitrogen and oxygen atoms in total. The molecule has 0 radical (unpaired) electrons. The van der Waals surface area contributed by atoms with Crippen LogP contribution in [0.25, 0.3) is 11.5 Å². The van der Waals surface area contributed by atoms with Crippen LogP contribution in [-0.2, 0) is 5.75 Å². The zero-order valence-electron chi connectivity index (χ0n) is 12.9. The Morgan fingerprint density at radius 1 is 1.00 bits per heavy atom. The van der Waals surface area contributed by atoms with E-state index in [0.717, 1.165) is 22.6 Å². The van der Waals surface area contributed by atoms with E-state index in [0.29, 0.717) is 16.9 Å². The van der Waals surface area contributed by atoms with Crippen molar-refractivity contribution in [1.82, 2.24) is 10.2 Å². The molecule has 0 N–H and O–H groups in total. The van der Waals surface area contributed by atoms with Crippen molar-refractivity contribution in [2.75, 3.05) is 14.2 Å². The SMILES string of the molecule is COc1ccc(OC)c(CSc2nnc(-c3ccccc3)o2)c1. The molecule has 6 heteroatoms. The average Bonchev–Trinajstić information content (AvgIpc) is 3.09. The first kappa shape index (κ1) is 15.4. The van der Waals surface area contributed by atoms with Gasteiger partial charge in [0.1, 0.15) is 11.5 Å². The number of rotatable bonds is 6. The third-order valence-electron chi connectivity index (χ3n) is 3.27. The first-order chi connectivity index (χ1) is 11.3. The second-order valence-electron chi connectivity index (χ2n) is 4.71. The van der Waals surface area contributed by atoms with Gasteiger partial charge in [-0.15, -0.1) is 10.2 Å². The summed E-state index contributed by atoms with van der Waals surface area (Å²) in [5.41, 5.74) is 1.92. The van der Waals surface area contributed by atoms with Crippen LogP contribution < -0.4 is 9.47 Å². The van der Waals surface area contributed by atoms with Crippen LogP contribution in [0.5, 0.6) is 11.5 Å². The van der Waals surface area contributed by atoms with Crippen LogP contribution in [0.3, 0.4) is 0 Å². The normalized spacial score (nSPS) is 10.5. The maximum Gasteiger partial charge on any atom is 0.277 e. The van der Waals surface area contributed by atoms with Crippen LogP contribution in [0.15, 0.2) is 58.2 Å². The number of aromatic nitrogens is 2. The van der Waals surface area contributed by atoms with Crippen molar-refractivity contribution in [3.63, 3.8) is 0 Å². The molecular formula is C17H16N2O3S. The topological polar surface area (TPSA) is 57.4 Å². The van der Waals surface area contributed by atoms with Gasteiger partial charge in [0, 0.05) is 16.9 Å². The van der Waals surface area contributed by atoms with Crippen LogP contribution >= 0.6 is 11.8 Å². The molecule has 0 aliphatic rings. The molecule has 0 saturated carbocycles. The Labute approximate surface area is 138 Å². The largest absolute Gasteiger partial charge is 0.497 e. The summed E-state index contributed by atoms with van der Waals surface area (Å²) in [6.45, 7) is 0. The minimum Gasteiger partial charge on any atom is -0.497 e. The van der Waals surface area contributed by atoms with Gasteiger partial charge in [-0.2, -0.15) is 0 Å². The second kappa shape index (κ2) is 7.19. The average molecular weight is 328 g/mol. The molecule has 0 aliphatic carbocycles. The molecule has 0 aliphatic heterocycles. The Morgan fingerprint density at radius 3 is 2.57 bits per heavy atom. The molecule has 2 aromatic carbocycles. The molecule has 23 heavy (non-hydrogen) atoms. The summed E-state index contributed by atoms with van der Waals surface area (Å²) >= 11 is 1.46. The first-order valence-electron chi connectivity index (χ1n) is 7.03. The zero-order chi connectivity index (χ0) is 16.1. The van der Waals surface area contributed by atoms with Crippen molar-refractivity contribution < 1.29 is 13.9 Å².